The molecule has 1 aliphatic rings. The first-order chi connectivity index (χ1) is 12.8. The third kappa shape index (κ3) is 4.86. The average molecular weight is 397 g/mol. The zero-order chi connectivity index (χ0) is 19.4. The summed E-state index contributed by atoms with van der Waals surface area (Å²) in [6.45, 7) is 1.08. The molecule has 3 rings (SSSR count). The number of carbonyl (C=O) groups excluding carboxylic acids is 1. The molecule has 0 bridgehead atoms. The van der Waals surface area contributed by atoms with Crippen molar-refractivity contribution in [2.45, 2.75) is 25.2 Å². The van der Waals surface area contributed by atoms with Crippen molar-refractivity contribution >= 4 is 15.9 Å². The van der Waals surface area contributed by atoms with Crippen LogP contribution in [0.2, 0.25) is 0 Å². The van der Waals surface area contributed by atoms with E-state index >= 15 is 0 Å². The summed E-state index contributed by atoms with van der Waals surface area (Å²) < 4.78 is 43.2. The number of sulfonamides is 1. The molecule has 1 aliphatic heterocycles. The van der Waals surface area contributed by atoms with Gasteiger partial charge in [-0.1, -0.05) is 5.16 Å². The molecule has 27 heavy (non-hydrogen) atoms. The molecule has 0 radical (unpaired) electrons. The highest BCUT2D eigenvalue weighted by atomic mass is 32.2. The molecule has 11 heteroatoms. The first kappa shape index (κ1) is 19.4. The average Bonchev–Trinajstić information content (AvgIpc) is 3.10. The standard InChI is InChI=1S/C16H20FN5O4S/c1-27(24,25)22-8-4-11(5-9-22)15-20-14(26-21-15)3-7-19-16(23)12-2-6-18-10-13(12)17/h2,6,10-11H,3-5,7-9H2,1H3,(H,19,23). The lowest BCUT2D eigenvalue weighted by atomic mass is 9.97. The molecule has 0 aliphatic carbocycles. The van der Waals surface area contributed by atoms with E-state index in [9.17, 15) is 17.6 Å². The van der Waals surface area contributed by atoms with Crippen molar-refractivity contribution in [2.24, 2.45) is 0 Å². The van der Waals surface area contributed by atoms with Gasteiger partial charge in [-0.15, -0.1) is 0 Å². The molecule has 1 fully saturated rings. The summed E-state index contributed by atoms with van der Waals surface area (Å²) in [5.41, 5.74) is -0.0751. The van der Waals surface area contributed by atoms with Gasteiger partial charge < -0.3 is 9.84 Å². The van der Waals surface area contributed by atoms with E-state index in [1.807, 2.05) is 0 Å². The van der Waals surface area contributed by atoms with Gasteiger partial charge in [0.15, 0.2) is 11.6 Å². The number of nitrogens with one attached hydrogen (secondary N) is 1. The Hall–Kier alpha value is -2.40. The zero-order valence-corrected chi connectivity index (χ0v) is 15.6. The number of hydrogen-bond acceptors (Lipinski definition) is 7. The van der Waals surface area contributed by atoms with Gasteiger partial charge >= 0.3 is 0 Å². The van der Waals surface area contributed by atoms with Crippen molar-refractivity contribution in [3.8, 4) is 0 Å². The number of carbonyl (C=O) groups is 1. The molecular weight excluding hydrogens is 377 g/mol. The van der Waals surface area contributed by atoms with Crippen LogP contribution in [0.4, 0.5) is 4.39 Å². The van der Waals surface area contributed by atoms with Crippen LogP contribution >= 0.6 is 0 Å². The molecule has 1 N–H and O–H groups in total. The summed E-state index contributed by atoms with van der Waals surface area (Å²) in [4.78, 5) is 19.8. The second-order valence-corrected chi connectivity index (χ2v) is 8.33. The van der Waals surface area contributed by atoms with Gasteiger partial charge in [-0.3, -0.25) is 9.78 Å². The van der Waals surface area contributed by atoms with E-state index in [4.69, 9.17) is 4.52 Å². The van der Waals surface area contributed by atoms with Crippen molar-refractivity contribution in [2.75, 3.05) is 25.9 Å². The molecule has 3 heterocycles. The zero-order valence-electron chi connectivity index (χ0n) is 14.8. The van der Waals surface area contributed by atoms with Gasteiger partial charge in [-0.2, -0.15) is 4.98 Å². The minimum absolute atomic E-state index is 0.0426. The molecule has 9 nitrogen and oxygen atoms in total. The van der Waals surface area contributed by atoms with Crippen molar-refractivity contribution in [3.05, 3.63) is 41.6 Å². The topological polar surface area (TPSA) is 118 Å². The lowest BCUT2D eigenvalue weighted by Crippen LogP contribution is -2.37. The van der Waals surface area contributed by atoms with Crippen LogP contribution in [0.3, 0.4) is 0 Å². The minimum atomic E-state index is -3.17. The molecule has 2 aromatic heterocycles. The molecule has 146 valence electrons. The van der Waals surface area contributed by atoms with Gasteiger partial charge in [-0.25, -0.2) is 17.1 Å². The maximum atomic E-state index is 13.5. The van der Waals surface area contributed by atoms with Gasteiger partial charge in [-0.05, 0) is 18.9 Å². The molecule has 0 unspecified atom stereocenters. The van der Waals surface area contributed by atoms with E-state index in [1.165, 1.54) is 22.8 Å². The van der Waals surface area contributed by atoms with Crippen LogP contribution in [0.25, 0.3) is 0 Å². The van der Waals surface area contributed by atoms with Gasteiger partial charge in [0.1, 0.15) is 0 Å². The molecule has 0 saturated carbocycles. The molecule has 0 aromatic carbocycles. The van der Waals surface area contributed by atoms with Crippen LogP contribution in [0.5, 0.6) is 0 Å². The summed E-state index contributed by atoms with van der Waals surface area (Å²) in [5.74, 6) is -0.269. The predicted molar refractivity (Wildman–Crippen MR) is 92.9 cm³/mol. The van der Waals surface area contributed by atoms with E-state index in [2.05, 4.69) is 20.4 Å². The van der Waals surface area contributed by atoms with Gasteiger partial charge in [0.2, 0.25) is 15.9 Å². The van der Waals surface area contributed by atoms with Crippen molar-refractivity contribution in [1.29, 1.82) is 0 Å². The molecule has 1 amide bonds. The Bertz CT molecular complexity index is 909. The lowest BCUT2D eigenvalue weighted by Gasteiger charge is -2.28. The molecule has 0 atom stereocenters. The second kappa shape index (κ2) is 8.09. The molecule has 2 aromatic rings. The van der Waals surface area contributed by atoms with Crippen LogP contribution in [-0.4, -0.2) is 59.6 Å². The highest BCUT2D eigenvalue weighted by Gasteiger charge is 2.28. The quantitative estimate of drug-likeness (QED) is 0.763. The second-order valence-electron chi connectivity index (χ2n) is 6.34. The smallest absolute Gasteiger partial charge is 0.254 e. The van der Waals surface area contributed by atoms with Crippen LogP contribution in [-0.2, 0) is 16.4 Å². The number of pyridine rings is 1. The lowest BCUT2D eigenvalue weighted by molar-refractivity contribution is 0.0949. The monoisotopic (exact) mass is 397 g/mol. The van der Waals surface area contributed by atoms with Crippen LogP contribution in [0.1, 0.15) is 40.8 Å². The number of hydrogen-bond donors (Lipinski definition) is 1. The van der Waals surface area contributed by atoms with E-state index in [1.54, 1.807) is 0 Å². The third-order valence-electron chi connectivity index (χ3n) is 4.41. The highest BCUT2D eigenvalue weighted by molar-refractivity contribution is 7.88. The SMILES string of the molecule is CS(=O)(=O)N1CCC(c2noc(CCNC(=O)c3ccncc3F)n2)CC1. The van der Waals surface area contributed by atoms with E-state index < -0.39 is 21.7 Å². The molecule has 1 saturated heterocycles. The van der Waals surface area contributed by atoms with Crippen molar-refractivity contribution < 1.29 is 22.1 Å². The predicted octanol–water partition coefficient (Wildman–Crippen LogP) is 0.715. The third-order valence-corrected chi connectivity index (χ3v) is 5.72. The van der Waals surface area contributed by atoms with Crippen molar-refractivity contribution in [1.82, 2.24) is 24.7 Å². The Kier molecular flexibility index (Phi) is 5.80. The minimum Gasteiger partial charge on any atom is -0.351 e. The number of rotatable bonds is 6. The fourth-order valence-electron chi connectivity index (χ4n) is 2.92. The highest BCUT2D eigenvalue weighted by Crippen LogP contribution is 2.26. The first-order valence-corrected chi connectivity index (χ1v) is 10.3. The van der Waals surface area contributed by atoms with Crippen LogP contribution in [0.15, 0.2) is 23.0 Å². The summed E-state index contributed by atoms with van der Waals surface area (Å²) in [7, 11) is -3.17. The van der Waals surface area contributed by atoms with Gasteiger partial charge in [0.25, 0.3) is 5.91 Å². The fraction of sp³-hybridized carbons (Fsp3) is 0.500. The van der Waals surface area contributed by atoms with Crippen LogP contribution in [0, 0.1) is 5.82 Å². The van der Waals surface area contributed by atoms with Gasteiger partial charge in [0.05, 0.1) is 18.0 Å². The normalized spacial score (nSPS) is 16.4. The van der Waals surface area contributed by atoms with Crippen molar-refractivity contribution in [3.63, 3.8) is 0 Å². The number of nitrogens with zero attached hydrogens (tertiary/aromatic N) is 4. The number of halogens is 1. The number of aromatic nitrogens is 3. The van der Waals surface area contributed by atoms with E-state index in [0.29, 0.717) is 44.1 Å². The Morgan fingerprint density at radius 3 is 2.81 bits per heavy atom. The van der Waals surface area contributed by atoms with E-state index in [0.717, 1.165) is 6.20 Å². The number of piperidine rings is 1. The maximum absolute atomic E-state index is 13.5. The summed E-state index contributed by atoms with van der Waals surface area (Å²) in [6.07, 6.45) is 5.10. The van der Waals surface area contributed by atoms with E-state index in [-0.39, 0.29) is 18.0 Å². The Labute approximate surface area is 156 Å². The summed E-state index contributed by atoms with van der Waals surface area (Å²) in [6, 6.07) is 1.30. The largest absolute Gasteiger partial charge is 0.351 e. The fourth-order valence-corrected chi connectivity index (χ4v) is 3.79. The number of amides is 1. The Morgan fingerprint density at radius 2 is 2.15 bits per heavy atom. The maximum Gasteiger partial charge on any atom is 0.254 e. The van der Waals surface area contributed by atoms with Gasteiger partial charge in [0, 0.05) is 38.2 Å². The first-order valence-electron chi connectivity index (χ1n) is 8.50. The summed E-state index contributed by atoms with van der Waals surface area (Å²) in [5, 5.41) is 6.55. The molecule has 0 spiro atoms. The van der Waals surface area contributed by atoms with Crippen LogP contribution < -0.4 is 5.32 Å². The molecular formula is C16H20FN5O4S. The summed E-state index contributed by atoms with van der Waals surface area (Å²) >= 11 is 0. The Balaban J connectivity index is 1.49. The Morgan fingerprint density at radius 1 is 1.41 bits per heavy atom.